The maximum absolute atomic E-state index is 13.8. The Bertz CT molecular complexity index is 966. The summed E-state index contributed by atoms with van der Waals surface area (Å²) < 4.78 is 19.1. The molecule has 2 atom stereocenters. The van der Waals surface area contributed by atoms with Gasteiger partial charge in [0.1, 0.15) is 19.1 Å². The third kappa shape index (κ3) is 7.18. The Morgan fingerprint density at radius 2 is 1.56 bits per heavy atom. The van der Waals surface area contributed by atoms with Gasteiger partial charge in [-0.1, -0.05) is 58.0 Å². The summed E-state index contributed by atoms with van der Waals surface area (Å²) in [6, 6.07) is 8.16. The monoisotopic (exact) mass is 513 g/mol. The lowest BCUT2D eigenvalue weighted by Gasteiger charge is -2.44. The molecule has 1 fully saturated rings. The maximum atomic E-state index is 13.8. The number of carbonyl (C=O) groups is 1. The topological polar surface area (TPSA) is 48.0 Å². The van der Waals surface area contributed by atoms with E-state index in [0.717, 1.165) is 17.5 Å². The van der Waals surface area contributed by atoms with E-state index in [-0.39, 0.29) is 12.0 Å². The van der Waals surface area contributed by atoms with Gasteiger partial charge in [0.15, 0.2) is 0 Å². The molecule has 0 spiro atoms. The third-order valence-corrected chi connectivity index (χ3v) is 8.00. The largest absolute Gasteiger partial charge is 0.490 e. The Labute approximate surface area is 221 Å². The molecule has 1 amide bonds. The Morgan fingerprint density at radius 1 is 1.06 bits per heavy atom. The van der Waals surface area contributed by atoms with E-state index in [0.29, 0.717) is 6.54 Å². The van der Waals surface area contributed by atoms with Crippen molar-refractivity contribution in [3.63, 3.8) is 0 Å². The molecule has 0 aromatic heterocycles. The number of nitrogens with zero attached hydrogens (tertiary/aromatic N) is 1. The van der Waals surface area contributed by atoms with Crippen molar-refractivity contribution in [2.75, 3.05) is 6.54 Å². The van der Waals surface area contributed by atoms with Crippen molar-refractivity contribution >= 4 is 21.3 Å². The molecular weight excluding hydrogens is 465 g/mol. The number of amides is 1. The van der Waals surface area contributed by atoms with Crippen LogP contribution in [0.2, 0.25) is 19.6 Å². The fourth-order valence-electron chi connectivity index (χ4n) is 3.85. The van der Waals surface area contributed by atoms with Gasteiger partial charge in [0.25, 0.3) is 0 Å². The third-order valence-electron chi connectivity index (χ3n) is 7.13. The summed E-state index contributed by atoms with van der Waals surface area (Å²) in [6.45, 7) is 27.4. The van der Waals surface area contributed by atoms with Crippen molar-refractivity contribution in [3.05, 3.63) is 35.4 Å². The molecule has 0 radical (unpaired) electrons. The molecule has 1 heterocycles. The summed E-state index contributed by atoms with van der Waals surface area (Å²) in [6.07, 6.45) is 0.562. The van der Waals surface area contributed by atoms with Gasteiger partial charge in [-0.2, -0.15) is 0 Å². The molecule has 0 saturated carbocycles. The minimum atomic E-state index is -1.49. The zero-order valence-electron chi connectivity index (χ0n) is 25.0. The number of ether oxygens (including phenoxy) is 1. The molecule has 1 saturated heterocycles. The van der Waals surface area contributed by atoms with Crippen LogP contribution in [0.5, 0.6) is 0 Å². The summed E-state index contributed by atoms with van der Waals surface area (Å²) in [5.41, 5.74) is 2.67. The molecule has 1 aromatic rings. The Balaban J connectivity index is 2.67. The maximum Gasteiger partial charge on any atom is 0.490 e. The molecule has 2 rings (SSSR count). The molecular formula is C29H48BNO4Si. The summed E-state index contributed by atoms with van der Waals surface area (Å²) in [7, 11) is -2.17. The number of hydrogen-bond donors (Lipinski definition) is 0. The summed E-state index contributed by atoms with van der Waals surface area (Å²) in [4.78, 5) is 15.6. The normalized spacial score (nSPS) is 19.6. The van der Waals surface area contributed by atoms with Crippen LogP contribution in [0.15, 0.2) is 24.3 Å². The highest BCUT2D eigenvalue weighted by Gasteiger charge is 2.61. The first-order chi connectivity index (χ1) is 16.2. The van der Waals surface area contributed by atoms with Crippen LogP contribution in [-0.2, 0) is 19.5 Å². The lowest BCUT2D eigenvalue weighted by Crippen LogP contribution is -2.60. The van der Waals surface area contributed by atoms with Gasteiger partial charge >= 0.3 is 13.2 Å². The van der Waals surface area contributed by atoms with Crippen LogP contribution in [0.3, 0.4) is 0 Å². The zero-order valence-corrected chi connectivity index (χ0v) is 26.0. The summed E-state index contributed by atoms with van der Waals surface area (Å²) in [5.74, 6) is 3.59. The van der Waals surface area contributed by atoms with Gasteiger partial charge < -0.3 is 14.0 Å². The predicted octanol–water partition coefficient (Wildman–Crippen LogP) is 7.05. The van der Waals surface area contributed by atoms with Gasteiger partial charge in [-0.25, -0.2) is 4.79 Å². The molecule has 7 heteroatoms. The van der Waals surface area contributed by atoms with E-state index < -0.39 is 37.4 Å². The van der Waals surface area contributed by atoms with Crippen LogP contribution in [0, 0.1) is 17.4 Å². The number of benzene rings is 1. The van der Waals surface area contributed by atoms with E-state index in [1.54, 1.807) is 0 Å². The first-order valence-corrected chi connectivity index (χ1v) is 16.7. The fourth-order valence-corrected chi connectivity index (χ4v) is 4.37. The molecule has 0 aliphatic carbocycles. The molecule has 1 aromatic carbocycles. The van der Waals surface area contributed by atoms with Crippen LogP contribution >= 0.6 is 0 Å². The Hall–Kier alpha value is -1.75. The lowest BCUT2D eigenvalue weighted by atomic mass is 9.60. The SMILES string of the molecule is CCC(C)CN(C(=O)OC(C)(C)C)C(C)(B1OC(C)(C)C(C)(C)O1)c1ccc(C#C[Si](C)(C)C)cc1. The predicted molar refractivity (Wildman–Crippen MR) is 152 cm³/mol. The van der Waals surface area contributed by atoms with Crippen molar-refractivity contribution in [1.82, 2.24) is 4.90 Å². The van der Waals surface area contributed by atoms with E-state index in [4.69, 9.17) is 14.0 Å². The van der Waals surface area contributed by atoms with E-state index in [2.05, 4.69) is 45.0 Å². The number of carbonyl (C=O) groups excluding carboxylic acids is 1. The van der Waals surface area contributed by atoms with Gasteiger partial charge in [0, 0.05) is 12.1 Å². The molecule has 0 bridgehead atoms. The molecule has 1 aliphatic rings. The van der Waals surface area contributed by atoms with E-state index >= 15 is 0 Å². The Kier molecular flexibility index (Phi) is 8.93. The highest BCUT2D eigenvalue weighted by atomic mass is 28.3. The summed E-state index contributed by atoms with van der Waals surface area (Å²) in [5, 5.41) is 0. The van der Waals surface area contributed by atoms with Crippen molar-refractivity contribution in [1.29, 1.82) is 0 Å². The minimum absolute atomic E-state index is 0.265. The van der Waals surface area contributed by atoms with Crippen molar-refractivity contribution < 1.29 is 18.8 Å². The molecule has 5 nitrogen and oxygen atoms in total. The van der Waals surface area contributed by atoms with Gasteiger partial charge in [0.2, 0.25) is 0 Å². The van der Waals surface area contributed by atoms with Crippen LogP contribution in [0.1, 0.15) is 86.8 Å². The zero-order chi connectivity index (χ0) is 27.7. The molecule has 2 unspecified atom stereocenters. The van der Waals surface area contributed by atoms with Crippen LogP contribution in [0.4, 0.5) is 4.79 Å². The highest BCUT2D eigenvalue weighted by molar-refractivity contribution is 6.83. The van der Waals surface area contributed by atoms with Crippen LogP contribution in [-0.4, -0.2) is 49.5 Å². The van der Waals surface area contributed by atoms with Crippen LogP contribution in [0.25, 0.3) is 0 Å². The number of hydrogen-bond acceptors (Lipinski definition) is 4. The molecule has 200 valence electrons. The second-order valence-electron chi connectivity index (χ2n) is 13.4. The molecule has 1 aliphatic heterocycles. The first kappa shape index (κ1) is 30.5. The quantitative estimate of drug-likeness (QED) is 0.302. The van der Waals surface area contributed by atoms with Crippen molar-refractivity contribution in [2.45, 2.75) is 118 Å². The van der Waals surface area contributed by atoms with E-state index in [9.17, 15) is 4.79 Å². The average Bonchev–Trinajstić information content (AvgIpc) is 2.95. The second-order valence-corrected chi connectivity index (χ2v) is 18.2. The minimum Gasteiger partial charge on any atom is -0.444 e. The van der Waals surface area contributed by atoms with Gasteiger partial charge in [-0.05, 0) is 79.0 Å². The molecule has 0 N–H and O–H groups in total. The highest BCUT2D eigenvalue weighted by Crippen LogP contribution is 2.45. The Morgan fingerprint density at radius 3 is 1.97 bits per heavy atom. The fraction of sp³-hybridized carbons (Fsp3) is 0.690. The van der Waals surface area contributed by atoms with Crippen molar-refractivity contribution in [2.24, 2.45) is 5.92 Å². The average molecular weight is 514 g/mol. The van der Waals surface area contributed by atoms with Gasteiger partial charge in [-0.15, -0.1) is 5.54 Å². The smallest absolute Gasteiger partial charge is 0.444 e. The number of rotatable bonds is 6. The first-order valence-electron chi connectivity index (χ1n) is 13.2. The lowest BCUT2D eigenvalue weighted by molar-refractivity contribution is 0.00156. The van der Waals surface area contributed by atoms with Gasteiger partial charge in [0.05, 0.1) is 11.2 Å². The van der Waals surface area contributed by atoms with Crippen LogP contribution < -0.4 is 0 Å². The second kappa shape index (κ2) is 10.6. The standard InChI is InChI=1S/C29H48BNO4Si/c1-14-22(2)21-31(25(32)33-26(3,4)5)29(10,30-34-27(6,7)28(8,9)35-30)24-17-15-23(16-18-24)19-20-36(11,12)13/h15-18,22H,14,21H2,1-13H3. The van der Waals surface area contributed by atoms with E-state index in [1.807, 2.05) is 84.6 Å². The summed E-state index contributed by atoms with van der Waals surface area (Å²) >= 11 is 0. The van der Waals surface area contributed by atoms with Gasteiger partial charge in [-0.3, -0.25) is 4.90 Å². The van der Waals surface area contributed by atoms with Crippen molar-refractivity contribution in [3.8, 4) is 11.5 Å². The van der Waals surface area contributed by atoms with E-state index in [1.165, 1.54) is 0 Å². The molecule has 36 heavy (non-hydrogen) atoms.